The van der Waals surface area contributed by atoms with E-state index >= 15 is 0 Å². The number of nitrogens with one attached hydrogen (secondary N) is 1. The van der Waals surface area contributed by atoms with Gasteiger partial charge in [0.15, 0.2) is 0 Å². The minimum atomic E-state index is 0.823. The fourth-order valence-electron chi connectivity index (χ4n) is 1.94. The molecule has 0 spiro atoms. The third-order valence-corrected chi connectivity index (χ3v) is 2.89. The minimum Gasteiger partial charge on any atom is -0.357 e. The molecule has 1 heterocycles. The maximum Gasteiger partial charge on any atom is 0.128 e. The first-order valence-corrected chi connectivity index (χ1v) is 6.67. The summed E-state index contributed by atoms with van der Waals surface area (Å²) in [6.07, 6.45) is 1.17. The Morgan fingerprint density at radius 2 is 2.00 bits per heavy atom. The van der Waals surface area contributed by atoms with Crippen molar-refractivity contribution in [3.05, 3.63) is 23.9 Å². The number of nitrogens with zero attached hydrogens (tertiary/aromatic N) is 3. The molecule has 102 valence electrons. The number of rotatable bonds is 8. The van der Waals surface area contributed by atoms with Gasteiger partial charge in [-0.15, -0.1) is 0 Å². The summed E-state index contributed by atoms with van der Waals surface area (Å²) in [5.41, 5.74) is 1.10. The Bertz CT molecular complexity index is 338. The lowest BCUT2D eigenvalue weighted by Gasteiger charge is -2.23. The summed E-state index contributed by atoms with van der Waals surface area (Å²) < 4.78 is 0. The van der Waals surface area contributed by atoms with Crippen molar-refractivity contribution in [3.8, 4) is 0 Å². The lowest BCUT2D eigenvalue weighted by atomic mass is 10.3. The fraction of sp³-hybridized carbons (Fsp3) is 0.643. The highest BCUT2D eigenvalue weighted by atomic mass is 15.2. The smallest absolute Gasteiger partial charge is 0.128 e. The Morgan fingerprint density at radius 3 is 2.61 bits per heavy atom. The molecule has 4 heteroatoms. The number of pyridine rings is 1. The molecular formula is C14H26N4. The highest BCUT2D eigenvalue weighted by molar-refractivity contribution is 5.39. The van der Waals surface area contributed by atoms with E-state index in [0.29, 0.717) is 0 Å². The van der Waals surface area contributed by atoms with Gasteiger partial charge in [0.2, 0.25) is 0 Å². The maximum atomic E-state index is 4.68. The van der Waals surface area contributed by atoms with Gasteiger partial charge in [0, 0.05) is 19.6 Å². The van der Waals surface area contributed by atoms with E-state index in [2.05, 4.69) is 59.3 Å². The molecule has 0 saturated heterocycles. The van der Waals surface area contributed by atoms with Crippen LogP contribution in [0.25, 0.3) is 0 Å². The third kappa shape index (κ3) is 5.02. The van der Waals surface area contributed by atoms with E-state index in [1.807, 2.05) is 7.05 Å². The summed E-state index contributed by atoms with van der Waals surface area (Å²) in [5.74, 6) is 1.09. The van der Waals surface area contributed by atoms with Crippen LogP contribution in [-0.4, -0.2) is 50.7 Å². The second-order valence-corrected chi connectivity index (χ2v) is 4.75. The Hall–Kier alpha value is -1.13. The van der Waals surface area contributed by atoms with Crippen LogP contribution in [0.4, 0.5) is 5.82 Å². The van der Waals surface area contributed by atoms with Gasteiger partial charge in [-0.05, 0) is 53.2 Å². The first kappa shape index (κ1) is 14.9. The molecular weight excluding hydrogens is 224 g/mol. The van der Waals surface area contributed by atoms with Gasteiger partial charge in [0.05, 0.1) is 5.69 Å². The Labute approximate surface area is 111 Å². The van der Waals surface area contributed by atoms with Gasteiger partial charge < -0.3 is 15.1 Å². The van der Waals surface area contributed by atoms with Gasteiger partial charge >= 0.3 is 0 Å². The molecule has 0 atom stereocenters. The molecule has 18 heavy (non-hydrogen) atoms. The zero-order chi connectivity index (χ0) is 13.4. The molecule has 0 amide bonds. The average molecular weight is 250 g/mol. The molecule has 1 N–H and O–H groups in total. The van der Waals surface area contributed by atoms with Gasteiger partial charge in [0.1, 0.15) is 5.82 Å². The van der Waals surface area contributed by atoms with Crippen molar-refractivity contribution in [2.24, 2.45) is 0 Å². The number of aromatic nitrogens is 1. The topological polar surface area (TPSA) is 31.4 Å². The van der Waals surface area contributed by atoms with Crippen LogP contribution in [-0.2, 0) is 6.54 Å². The van der Waals surface area contributed by atoms with Gasteiger partial charge in [-0.2, -0.15) is 0 Å². The zero-order valence-corrected chi connectivity index (χ0v) is 12.1. The number of hydrogen-bond donors (Lipinski definition) is 1. The molecule has 0 aliphatic heterocycles. The number of hydrogen-bond acceptors (Lipinski definition) is 4. The summed E-state index contributed by atoms with van der Waals surface area (Å²) in [6, 6.07) is 6.25. The predicted octanol–water partition coefficient (Wildman–Crippen LogP) is 1.58. The summed E-state index contributed by atoms with van der Waals surface area (Å²) in [7, 11) is 6.17. The van der Waals surface area contributed by atoms with Crippen molar-refractivity contribution >= 4 is 5.82 Å². The largest absolute Gasteiger partial charge is 0.357 e. The number of anilines is 1. The zero-order valence-electron chi connectivity index (χ0n) is 12.1. The van der Waals surface area contributed by atoms with E-state index in [1.54, 1.807) is 0 Å². The SMILES string of the molecule is CCN(CCCN(C)C)c1cccc(CNC)n1. The van der Waals surface area contributed by atoms with Crippen molar-refractivity contribution in [2.45, 2.75) is 19.9 Å². The summed E-state index contributed by atoms with van der Waals surface area (Å²) in [5, 5.41) is 3.14. The van der Waals surface area contributed by atoms with Gasteiger partial charge in [-0.25, -0.2) is 4.98 Å². The molecule has 1 aromatic rings. The highest BCUT2D eigenvalue weighted by Gasteiger charge is 2.06. The molecule has 1 aromatic heterocycles. The fourth-order valence-corrected chi connectivity index (χ4v) is 1.94. The highest BCUT2D eigenvalue weighted by Crippen LogP contribution is 2.11. The van der Waals surface area contributed by atoms with Crippen LogP contribution in [0.5, 0.6) is 0 Å². The second kappa shape index (κ2) is 8.06. The minimum absolute atomic E-state index is 0.823. The summed E-state index contributed by atoms with van der Waals surface area (Å²) in [4.78, 5) is 9.24. The van der Waals surface area contributed by atoms with Crippen LogP contribution in [0.15, 0.2) is 18.2 Å². The Kier molecular flexibility index (Phi) is 6.68. The van der Waals surface area contributed by atoms with Crippen molar-refractivity contribution in [3.63, 3.8) is 0 Å². The Balaban J connectivity index is 2.60. The Morgan fingerprint density at radius 1 is 1.22 bits per heavy atom. The quantitative estimate of drug-likeness (QED) is 0.759. The lowest BCUT2D eigenvalue weighted by Crippen LogP contribution is -2.28. The monoisotopic (exact) mass is 250 g/mol. The van der Waals surface area contributed by atoms with E-state index in [-0.39, 0.29) is 0 Å². The molecule has 0 aliphatic rings. The molecule has 0 saturated carbocycles. The van der Waals surface area contributed by atoms with E-state index in [4.69, 9.17) is 0 Å². The molecule has 0 fully saturated rings. The van der Waals surface area contributed by atoms with Crippen LogP contribution in [0, 0.1) is 0 Å². The first-order chi connectivity index (χ1) is 8.67. The van der Waals surface area contributed by atoms with Gasteiger partial charge in [-0.3, -0.25) is 0 Å². The molecule has 1 rings (SSSR count). The normalized spacial score (nSPS) is 10.9. The summed E-state index contributed by atoms with van der Waals surface area (Å²) >= 11 is 0. The van der Waals surface area contributed by atoms with E-state index in [1.165, 1.54) is 6.42 Å². The molecule has 0 aliphatic carbocycles. The van der Waals surface area contributed by atoms with Gasteiger partial charge in [-0.1, -0.05) is 6.07 Å². The van der Waals surface area contributed by atoms with E-state index < -0.39 is 0 Å². The van der Waals surface area contributed by atoms with Crippen molar-refractivity contribution in [1.82, 2.24) is 15.2 Å². The average Bonchev–Trinajstić information content (AvgIpc) is 2.35. The summed E-state index contributed by atoms with van der Waals surface area (Å²) in [6.45, 7) is 6.19. The standard InChI is InChI=1S/C14H26N4/c1-5-18(11-7-10-17(3)4)14-9-6-8-13(16-14)12-15-2/h6,8-9,15H,5,7,10-12H2,1-4H3. The van der Waals surface area contributed by atoms with Crippen molar-refractivity contribution in [2.75, 3.05) is 45.7 Å². The lowest BCUT2D eigenvalue weighted by molar-refractivity contribution is 0.400. The van der Waals surface area contributed by atoms with Crippen molar-refractivity contribution in [1.29, 1.82) is 0 Å². The molecule has 4 nitrogen and oxygen atoms in total. The molecule has 0 aromatic carbocycles. The van der Waals surface area contributed by atoms with Crippen LogP contribution >= 0.6 is 0 Å². The molecule has 0 bridgehead atoms. The van der Waals surface area contributed by atoms with E-state index in [9.17, 15) is 0 Å². The first-order valence-electron chi connectivity index (χ1n) is 6.67. The van der Waals surface area contributed by atoms with Crippen molar-refractivity contribution < 1.29 is 0 Å². The molecule has 0 unspecified atom stereocenters. The van der Waals surface area contributed by atoms with Crippen LogP contribution in [0.2, 0.25) is 0 Å². The maximum absolute atomic E-state index is 4.68. The second-order valence-electron chi connectivity index (χ2n) is 4.75. The van der Waals surface area contributed by atoms with Crippen LogP contribution in [0.1, 0.15) is 19.0 Å². The van der Waals surface area contributed by atoms with Crippen LogP contribution < -0.4 is 10.2 Å². The molecule has 0 radical (unpaired) electrons. The van der Waals surface area contributed by atoms with Gasteiger partial charge in [0.25, 0.3) is 0 Å². The van der Waals surface area contributed by atoms with Crippen LogP contribution in [0.3, 0.4) is 0 Å². The third-order valence-electron chi connectivity index (χ3n) is 2.89. The predicted molar refractivity (Wildman–Crippen MR) is 78.1 cm³/mol. The van der Waals surface area contributed by atoms with E-state index in [0.717, 1.165) is 37.7 Å².